The zero-order chi connectivity index (χ0) is 17.6. The molecular formula is C19H23N3O3. The highest BCUT2D eigenvalue weighted by Gasteiger charge is 2.26. The Bertz CT molecular complexity index is 773. The van der Waals surface area contributed by atoms with Gasteiger partial charge in [-0.2, -0.15) is 0 Å². The van der Waals surface area contributed by atoms with Gasteiger partial charge < -0.3 is 19.5 Å². The van der Waals surface area contributed by atoms with Crippen molar-refractivity contribution >= 4 is 11.7 Å². The fourth-order valence-electron chi connectivity index (χ4n) is 2.96. The molecule has 1 aliphatic heterocycles. The van der Waals surface area contributed by atoms with Crippen LogP contribution >= 0.6 is 0 Å². The summed E-state index contributed by atoms with van der Waals surface area (Å²) in [7, 11) is 1.66. The van der Waals surface area contributed by atoms with E-state index in [-0.39, 0.29) is 11.6 Å². The van der Waals surface area contributed by atoms with E-state index in [1.807, 2.05) is 30.3 Å². The summed E-state index contributed by atoms with van der Waals surface area (Å²) in [6.07, 6.45) is 2.57. The van der Waals surface area contributed by atoms with E-state index >= 15 is 0 Å². The van der Waals surface area contributed by atoms with Gasteiger partial charge in [-0.3, -0.25) is 4.79 Å². The van der Waals surface area contributed by atoms with Crippen LogP contribution in [-0.2, 0) is 18.4 Å². The number of carbonyl (C=O) groups is 1. The minimum atomic E-state index is -0.228. The molecule has 3 rings (SSSR count). The van der Waals surface area contributed by atoms with Crippen molar-refractivity contribution in [3.63, 3.8) is 0 Å². The van der Waals surface area contributed by atoms with Gasteiger partial charge in [0.25, 0.3) is 5.56 Å². The molecule has 1 saturated heterocycles. The first-order valence-electron chi connectivity index (χ1n) is 8.47. The van der Waals surface area contributed by atoms with Crippen molar-refractivity contribution in [1.82, 2.24) is 9.47 Å². The van der Waals surface area contributed by atoms with Gasteiger partial charge in [0.15, 0.2) is 0 Å². The zero-order valence-electron chi connectivity index (χ0n) is 14.4. The summed E-state index contributed by atoms with van der Waals surface area (Å²) in [4.78, 5) is 26.1. The number of anilines is 1. The Labute approximate surface area is 147 Å². The average molecular weight is 341 g/mol. The molecule has 0 radical (unpaired) electrons. The van der Waals surface area contributed by atoms with Crippen LogP contribution in [0.2, 0.25) is 0 Å². The van der Waals surface area contributed by atoms with Crippen LogP contribution in [0.25, 0.3) is 0 Å². The standard InChI is InChI=1S/C19H23N3O3/c1-21-10-5-8-17(18(21)23)20-19(24)22-11-9-16(12-22)14-25-13-15-6-3-2-4-7-15/h2-8,10,16H,9,11-14H2,1H3,(H,20,24)/t16-/m1/s1. The number of nitrogens with zero attached hydrogens (tertiary/aromatic N) is 2. The van der Waals surface area contributed by atoms with Crippen LogP contribution in [0.3, 0.4) is 0 Å². The number of aryl methyl sites for hydroxylation is 1. The van der Waals surface area contributed by atoms with Gasteiger partial charge in [0.1, 0.15) is 5.69 Å². The summed E-state index contributed by atoms with van der Waals surface area (Å²) in [6, 6.07) is 13.2. The lowest BCUT2D eigenvalue weighted by Crippen LogP contribution is -2.35. The van der Waals surface area contributed by atoms with E-state index in [1.54, 1.807) is 30.3 Å². The number of pyridine rings is 1. The zero-order valence-corrected chi connectivity index (χ0v) is 14.4. The molecule has 2 heterocycles. The number of benzene rings is 1. The molecule has 25 heavy (non-hydrogen) atoms. The summed E-state index contributed by atoms with van der Waals surface area (Å²) in [5.74, 6) is 0.327. The fourth-order valence-corrected chi connectivity index (χ4v) is 2.96. The van der Waals surface area contributed by atoms with Gasteiger partial charge in [0.05, 0.1) is 13.2 Å². The van der Waals surface area contributed by atoms with Crippen LogP contribution in [0.1, 0.15) is 12.0 Å². The van der Waals surface area contributed by atoms with Crippen LogP contribution in [0, 0.1) is 5.92 Å². The highest BCUT2D eigenvalue weighted by atomic mass is 16.5. The van der Waals surface area contributed by atoms with E-state index < -0.39 is 0 Å². The summed E-state index contributed by atoms with van der Waals surface area (Å²) < 4.78 is 7.22. The third kappa shape index (κ3) is 4.48. The summed E-state index contributed by atoms with van der Waals surface area (Å²) in [6.45, 7) is 2.54. The molecule has 6 heteroatoms. The quantitative estimate of drug-likeness (QED) is 0.909. The smallest absolute Gasteiger partial charge is 0.322 e. The number of ether oxygens (including phenoxy) is 1. The Morgan fingerprint density at radius 2 is 2.04 bits per heavy atom. The van der Waals surface area contributed by atoms with Crippen LogP contribution < -0.4 is 10.9 Å². The van der Waals surface area contributed by atoms with Gasteiger partial charge in [0, 0.05) is 32.3 Å². The van der Waals surface area contributed by atoms with Crippen LogP contribution in [0.5, 0.6) is 0 Å². The van der Waals surface area contributed by atoms with E-state index in [9.17, 15) is 9.59 Å². The average Bonchev–Trinajstić information content (AvgIpc) is 3.09. The third-order valence-corrected chi connectivity index (χ3v) is 4.40. The second kappa shape index (κ2) is 7.98. The maximum Gasteiger partial charge on any atom is 0.322 e. The normalized spacial score (nSPS) is 16.8. The molecule has 1 aliphatic rings. The third-order valence-electron chi connectivity index (χ3n) is 4.40. The molecule has 2 aromatic rings. The second-order valence-electron chi connectivity index (χ2n) is 6.37. The van der Waals surface area contributed by atoms with Gasteiger partial charge >= 0.3 is 6.03 Å². The highest BCUT2D eigenvalue weighted by molar-refractivity contribution is 5.89. The van der Waals surface area contributed by atoms with Crippen molar-refractivity contribution in [3.05, 3.63) is 64.6 Å². The van der Waals surface area contributed by atoms with E-state index in [1.165, 1.54) is 4.57 Å². The van der Waals surface area contributed by atoms with E-state index in [4.69, 9.17) is 4.74 Å². The van der Waals surface area contributed by atoms with Crippen LogP contribution in [-0.4, -0.2) is 35.2 Å². The molecule has 0 unspecified atom stereocenters. The molecule has 0 aliphatic carbocycles. The summed E-state index contributed by atoms with van der Waals surface area (Å²) in [5.41, 5.74) is 1.24. The fraction of sp³-hybridized carbons (Fsp3) is 0.368. The number of hydrogen-bond acceptors (Lipinski definition) is 3. The van der Waals surface area contributed by atoms with Crippen LogP contribution in [0.4, 0.5) is 10.5 Å². The Morgan fingerprint density at radius 1 is 1.24 bits per heavy atom. The van der Waals surface area contributed by atoms with E-state index in [0.717, 1.165) is 12.0 Å². The minimum absolute atomic E-state index is 0.210. The second-order valence-corrected chi connectivity index (χ2v) is 6.37. The Hall–Kier alpha value is -2.60. The van der Waals surface area contributed by atoms with Gasteiger partial charge in [-0.05, 0) is 24.1 Å². The van der Waals surface area contributed by atoms with Crippen molar-refractivity contribution in [3.8, 4) is 0 Å². The lowest BCUT2D eigenvalue weighted by atomic mass is 10.1. The molecule has 1 aromatic heterocycles. The van der Waals surface area contributed by atoms with E-state index in [2.05, 4.69) is 5.32 Å². The first-order chi connectivity index (χ1) is 12.1. The monoisotopic (exact) mass is 341 g/mol. The Balaban J connectivity index is 1.46. The van der Waals surface area contributed by atoms with Gasteiger partial charge in [0.2, 0.25) is 0 Å². The van der Waals surface area contributed by atoms with Crippen molar-refractivity contribution in [1.29, 1.82) is 0 Å². The Kier molecular flexibility index (Phi) is 5.50. The van der Waals surface area contributed by atoms with Crippen molar-refractivity contribution in [2.75, 3.05) is 25.0 Å². The number of nitrogens with one attached hydrogen (secondary N) is 1. The predicted molar refractivity (Wildman–Crippen MR) is 96.5 cm³/mol. The molecule has 1 atom stereocenters. The molecule has 0 saturated carbocycles. The van der Waals surface area contributed by atoms with Crippen molar-refractivity contribution in [2.24, 2.45) is 13.0 Å². The van der Waals surface area contributed by atoms with E-state index in [0.29, 0.717) is 37.9 Å². The molecule has 0 bridgehead atoms. The molecule has 132 valence electrons. The molecular weight excluding hydrogens is 318 g/mol. The molecule has 2 amide bonds. The maximum absolute atomic E-state index is 12.3. The minimum Gasteiger partial charge on any atom is -0.376 e. The number of aromatic nitrogens is 1. The largest absolute Gasteiger partial charge is 0.376 e. The number of likely N-dealkylation sites (tertiary alicyclic amines) is 1. The lowest BCUT2D eigenvalue weighted by Gasteiger charge is -2.17. The SMILES string of the molecule is Cn1cccc(NC(=O)N2CC[C@@H](COCc3ccccc3)C2)c1=O. The van der Waals surface area contributed by atoms with Crippen LogP contribution in [0.15, 0.2) is 53.5 Å². The molecule has 1 N–H and O–H groups in total. The van der Waals surface area contributed by atoms with Crippen molar-refractivity contribution < 1.29 is 9.53 Å². The first-order valence-corrected chi connectivity index (χ1v) is 8.47. The molecule has 6 nitrogen and oxygen atoms in total. The summed E-state index contributed by atoms with van der Waals surface area (Å²) >= 11 is 0. The first kappa shape index (κ1) is 17.2. The van der Waals surface area contributed by atoms with Crippen molar-refractivity contribution in [2.45, 2.75) is 13.0 Å². The number of amides is 2. The van der Waals surface area contributed by atoms with Gasteiger partial charge in [-0.15, -0.1) is 0 Å². The number of rotatable bonds is 5. The molecule has 0 spiro atoms. The number of carbonyl (C=O) groups excluding carboxylic acids is 1. The topological polar surface area (TPSA) is 63.6 Å². The summed E-state index contributed by atoms with van der Waals surface area (Å²) in [5, 5.41) is 2.71. The number of hydrogen-bond donors (Lipinski definition) is 1. The predicted octanol–water partition coefficient (Wildman–Crippen LogP) is 2.46. The molecule has 1 aromatic carbocycles. The lowest BCUT2D eigenvalue weighted by molar-refractivity contribution is 0.0900. The highest BCUT2D eigenvalue weighted by Crippen LogP contribution is 2.18. The van der Waals surface area contributed by atoms with Gasteiger partial charge in [-0.1, -0.05) is 30.3 Å². The molecule has 1 fully saturated rings. The number of urea groups is 1. The van der Waals surface area contributed by atoms with Gasteiger partial charge in [-0.25, -0.2) is 4.79 Å². The Morgan fingerprint density at radius 3 is 2.84 bits per heavy atom. The maximum atomic E-state index is 12.3.